The van der Waals surface area contributed by atoms with Gasteiger partial charge in [0, 0.05) is 61.7 Å². The Kier molecular flexibility index (Phi) is 4.25. The molecule has 1 N–H and O–H groups in total. The van der Waals surface area contributed by atoms with Gasteiger partial charge in [0.2, 0.25) is 0 Å². The summed E-state index contributed by atoms with van der Waals surface area (Å²) in [6.45, 7) is 5.37. The zero-order valence-electron chi connectivity index (χ0n) is 14.8. The van der Waals surface area contributed by atoms with Gasteiger partial charge in [-0.2, -0.15) is 5.10 Å². The summed E-state index contributed by atoms with van der Waals surface area (Å²) in [5, 5.41) is 6.78. The monoisotopic (exact) mass is 340 g/mol. The van der Waals surface area contributed by atoms with Gasteiger partial charge in [0.15, 0.2) is 0 Å². The maximum absolute atomic E-state index is 12.6. The van der Waals surface area contributed by atoms with Gasteiger partial charge in [0.1, 0.15) is 5.82 Å². The molecule has 25 heavy (non-hydrogen) atoms. The van der Waals surface area contributed by atoms with Gasteiger partial charge in [-0.05, 0) is 26.8 Å². The summed E-state index contributed by atoms with van der Waals surface area (Å²) in [6.07, 6.45) is 6.45. The second-order valence-corrected chi connectivity index (χ2v) is 7.16. The number of H-pyrrole nitrogens is 1. The number of hydrogen-bond acceptors (Lipinski definition) is 5. The number of aromatic amines is 1. The number of piperidine rings is 1. The number of nitrogens with one attached hydrogen (secondary N) is 1. The van der Waals surface area contributed by atoms with E-state index in [0.717, 1.165) is 57.0 Å². The molecule has 2 aliphatic rings. The third kappa shape index (κ3) is 3.16. The summed E-state index contributed by atoms with van der Waals surface area (Å²) >= 11 is 0. The molecule has 0 spiro atoms. The molecular weight excluding hydrogens is 316 g/mol. The van der Waals surface area contributed by atoms with E-state index in [9.17, 15) is 4.79 Å². The van der Waals surface area contributed by atoms with E-state index < -0.39 is 0 Å². The van der Waals surface area contributed by atoms with Crippen molar-refractivity contribution in [1.82, 2.24) is 30.0 Å². The molecule has 1 saturated heterocycles. The first kappa shape index (κ1) is 16.2. The van der Waals surface area contributed by atoms with Crippen LogP contribution in [0.15, 0.2) is 12.4 Å². The average Bonchev–Trinajstić information content (AvgIpc) is 3.07. The fraction of sp³-hybridized carbons (Fsp3) is 0.556. The summed E-state index contributed by atoms with van der Waals surface area (Å²) in [6, 6.07) is 0. The highest BCUT2D eigenvalue weighted by Gasteiger charge is 2.28. The summed E-state index contributed by atoms with van der Waals surface area (Å²) < 4.78 is 0. The lowest BCUT2D eigenvalue weighted by Gasteiger charge is -2.32. The van der Waals surface area contributed by atoms with Gasteiger partial charge in [-0.1, -0.05) is 0 Å². The Labute approximate surface area is 147 Å². The number of carbonyl (C=O) groups is 1. The molecule has 0 saturated carbocycles. The minimum absolute atomic E-state index is 0.0686. The third-order valence-corrected chi connectivity index (χ3v) is 5.35. The van der Waals surface area contributed by atoms with E-state index >= 15 is 0 Å². The number of carbonyl (C=O) groups excluding carboxylic acids is 1. The maximum atomic E-state index is 12.6. The van der Waals surface area contributed by atoms with Crippen LogP contribution in [0.3, 0.4) is 0 Å². The predicted molar refractivity (Wildman–Crippen MR) is 93.3 cm³/mol. The normalized spacial score (nSPS) is 19.0. The Hall–Kier alpha value is -2.28. The lowest BCUT2D eigenvalue weighted by Crippen LogP contribution is -2.38. The highest BCUT2D eigenvalue weighted by molar-refractivity contribution is 5.95. The van der Waals surface area contributed by atoms with Crippen molar-refractivity contribution in [2.24, 2.45) is 0 Å². The topological polar surface area (TPSA) is 78.0 Å². The minimum Gasteiger partial charge on any atom is -0.338 e. The molecule has 0 aliphatic carbocycles. The van der Waals surface area contributed by atoms with E-state index in [2.05, 4.69) is 27.1 Å². The van der Waals surface area contributed by atoms with Gasteiger partial charge in [0.05, 0.1) is 11.8 Å². The van der Waals surface area contributed by atoms with Crippen LogP contribution in [0.2, 0.25) is 0 Å². The summed E-state index contributed by atoms with van der Waals surface area (Å²) in [5.41, 5.74) is 3.96. The molecule has 0 bridgehead atoms. The van der Waals surface area contributed by atoms with Gasteiger partial charge in [-0.25, -0.2) is 9.97 Å². The maximum Gasteiger partial charge on any atom is 0.257 e. The zero-order valence-corrected chi connectivity index (χ0v) is 14.8. The number of likely N-dealkylation sites (tertiary alicyclic amines) is 1. The number of aromatic nitrogens is 4. The smallest absolute Gasteiger partial charge is 0.257 e. The Morgan fingerprint density at radius 1 is 1.24 bits per heavy atom. The Balaban J connectivity index is 1.42. The minimum atomic E-state index is 0.0686. The van der Waals surface area contributed by atoms with Crippen molar-refractivity contribution < 1.29 is 4.79 Å². The molecule has 1 amide bonds. The Morgan fingerprint density at radius 3 is 2.76 bits per heavy atom. The van der Waals surface area contributed by atoms with Crippen LogP contribution in [0.5, 0.6) is 0 Å². The van der Waals surface area contributed by atoms with E-state index in [0.29, 0.717) is 11.5 Å². The number of nitrogens with zero attached hydrogens (tertiary/aromatic N) is 5. The molecular formula is C18H24N6O. The molecule has 0 atom stereocenters. The summed E-state index contributed by atoms with van der Waals surface area (Å²) in [5.74, 6) is 1.37. The first-order valence-corrected chi connectivity index (χ1v) is 8.94. The highest BCUT2D eigenvalue weighted by Crippen LogP contribution is 2.28. The molecule has 7 heteroatoms. The number of fused-ring (bicyclic) bond motifs is 1. The average molecular weight is 340 g/mol. The molecule has 4 rings (SSSR count). The van der Waals surface area contributed by atoms with Gasteiger partial charge in [-0.3, -0.25) is 9.89 Å². The number of amides is 1. The summed E-state index contributed by atoms with van der Waals surface area (Å²) in [7, 11) is 2.13. The molecule has 0 unspecified atom stereocenters. The molecule has 2 aromatic rings. The number of aryl methyl sites for hydroxylation is 1. The molecule has 2 aromatic heterocycles. The first-order chi connectivity index (χ1) is 12.1. The van der Waals surface area contributed by atoms with Crippen LogP contribution in [0.4, 0.5) is 0 Å². The lowest BCUT2D eigenvalue weighted by atomic mass is 9.95. The fourth-order valence-corrected chi connectivity index (χ4v) is 3.75. The van der Waals surface area contributed by atoms with Crippen molar-refractivity contribution in [1.29, 1.82) is 0 Å². The van der Waals surface area contributed by atoms with Gasteiger partial charge < -0.3 is 9.80 Å². The van der Waals surface area contributed by atoms with E-state index in [1.807, 2.05) is 18.0 Å². The Morgan fingerprint density at radius 2 is 2.04 bits per heavy atom. The molecule has 132 valence electrons. The zero-order chi connectivity index (χ0) is 17.4. The van der Waals surface area contributed by atoms with Crippen LogP contribution in [-0.2, 0) is 13.0 Å². The van der Waals surface area contributed by atoms with Crippen LogP contribution < -0.4 is 0 Å². The van der Waals surface area contributed by atoms with Crippen LogP contribution in [0.1, 0.15) is 51.9 Å². The van der Waals surface area contributed by atoms with Crippen LogP contribution >= 0.6 is 0 Å². The first-order valence-electron chi connectivity index (χ1n) is 8.94. The standard InChI is InChI=1S/C18H24N6O/c1-12-15(10-20-22-12)18(25)24-7-3-13(4-8-24)17-19-9-14-11-23(2)6-5-16(14)21-17/h9-10,13H,3-8,11H2,1-2H3,(H,20,22). The molecule has 4 heterocycles. The molecule has 0 radical (unpaired) electrons. The SMILES string of the molecule is Cc1[nH]ncc1C(=O)N1CCC(c2ncc3c(n2)CCN(C)C3)CC1. The molecule has 7 nitrogen and oxygen atoms in total. The van der Waals surface area contributed by atoms with Crippen molar-refractivity contribution in [3.8, 4) is 0 Å². The van der Waals surface area contributed by atoms with Crippen LogP contribution in [-0.4, -0.2) is 62.6 Å². The highest BCUT2D eigenvalue weighted by atomic mass is 16.2. The fourth-order valence-electron chi connectivity index (χ4n) is 3.75. The number of hydrogen-bond donors (Lipinski definition) is 1. The van der Waals surface area contributed by atoms with Crippen molar-refractivity contribution in [2.45, 2.75) is 38.6 Å². The van der Waals surface area contributed by atoms with Crippen molar-refractivity contribution in [3.05, 3.63) is 40.7 Å². The van der Waals surface area contributed by atoms with Gasteiger partial charge in [-0.15, -0.1) is 0 Å². The van der Waals surface area contributed by atoms with Crippen LogP contribution in [0, 0.1) is 6.92 Å². The van der Waals surface area contributed by atoms with Crippen molar-refractivity contribution >= 4 is 5.91 Å². The van der Waals surface area contributed by atoms with E-state index in [1.54, 1.807) is 6.20 Å². The second-order valence-electron chi connectivity index (χ2n) is 7.16. The third-order valence-electron chi connectivity index (χ3n) is 5.35. The molecule has 2 aliphatic heterocycles. The predicted octanol–water partition coefficient (Wildman–Crippen LogP) is 1.52. The quantitative estimate of drug-likeness (QED) is 0.897. The second kappa shape index (κ2) is 6.55. The van der Waals surface area contributed by atoms with Crippen molar-refractivity contribution in [3.63, 3.8) is 0 Å². The van der Waals surface area contributed by atoms with Gasteiger partial charge in [0.25, 0.3) is 5.91 Å². The van der Waals surface area contributed by atoms with Crippen molar-refractivity contribution in [2.75, 3.05) is 26.7 Å². The summed E-state index contributed by atoms with van der Waals surface area (Å²) in [4.78, 5) is 26.3. The largest absolute Gasteiger partial charge is 0.338 e. The lowest BCUT2D eigenvalue weighted by molar-refractivity contribution is 0.0710. The number of rotatable bonds is 2. The Bertz CT molecular complexity index is 778. The van der Waals surface area contributed by atoms with Gasteiger partial charge >= 0.3 is 0 Å². The van der Waals surface area contributed by atoms with E-state index in [1.165, 1.54) is 11.3 Å². The van der Waals surface area contributed by atoms with Crippen LogP contribution in [0.25, 0.3) is 0 Å². The molecule has 1 fully saturated rings. The number of likely N-dealkylation sites (N-methyl/N-ethyl adjacent to an activating group) is 1. The van der Waals surface area contributed by atoms with E-state index in [4.69, 9.17) is 4.98 Å². The molecule has 0 aromatic carbocycles. The van der Waals surface area contributed by atoms with E-state index in [-0.39, 0.29) is 5.91 Å².